The van der Waals surface area contributed by atoms with E-state index in [0.29, 0.717) is 11.5 Å². The Hall–Kier alpha value is -1.12. The highest BCUT2D eigenvalue weighted by molar-refractivity contribution is 9.10. The lowest BCUT2D eigenvalue weighted by Gasteiger charge is -2.11. The molecular weight excluding hydrogens is 258 g/mol. The summed E-state index contributed by atoms with van der Waals surface area (Å²) in [6.45, 7) is 4.25. The summed E-state index contributed by atoms with van der Waals surface area (Å²) in [7, 11) is 0. The number of nitrogens with zero attached hydrogens (tertiary/aromatic N) is 1. The van der Waals surface area contributed by atoms with Crippen molar-refractivity contribution in [2.75, 3.05) is 0 Å². The van der Waals surface area contributed by atoms with Crippen molar-refractivity contribution in [1.29, 1.82) is 0 Å². The van der Waals surface area contributed by atoms with Gasteiger partial charge < -0.3 is 5.11 Å². The Morgan fingerprint density at radius 3 is 2.73 bits per heavy atom. The highest BCUT2D eigenvalue weighted by Gasteiger charge is 2.09. The summed E-state index contributed by atoms with van der Waals surface area (Å²) in [5.41, 5.74) is 1.65. The van der Waals surface area contributed by atoms with Crippen molar-refractivity contribution in [3.63, 3.8) is 0 Å². The summed E-state index contributed by atoms with van der Waals surface area (Å²) in [6, 6.07) is 3.48. The van der Waals surface area contributed by atoms with Crippen molar-refractivity contribution in [3.05, 3.63) is 27.7 Å². The minimum absolute atomic E-state index is 0.159. The predicted molar refractivity (Wildman–Crippen MR) is 61.7 cm³/mol. The van der Waals surface area contributed by atoms with Crippen molar-refractivity contribution >= 4 is 22.0 Å². The fraction of sp³-hybridized carbons (Fsp3) is 0.364. The van der Waals surface area contributed by atoms with Gasteiger partial charge in [0.25, 0.3) is 0 Å². The SMILES string of the molecule is CC(C)c1cc(O)c(CN=C=O)cc1Br. The molecule has 0 aliphatic heterocycles. The number of hydrogen-bond donors (Lipinski definition) is 1. The second-order valence-corrected chi connectivity index (χ2v) is 4.42. The van der Waals surface area contributed by atoms with E-state index >= 15 is 0 Å². The minimum Gasteiger partial charge on any atom is -0.508 e. The number of halogens is 1. The third kappa shape index (κ3) is 2.91. The van der Waals surface area contributed by atoms with Crippen molar-refractivity contribution in [2.24, 2.45) is 4.99 Å². The molecule has 0 atom stereocenters. The van der Waals surface area contributed by atoms with Gasteiger partial charge in [0.2, 0.25) is 6.08 Å². The van der Waals surface area contributed by atoms with Crippen molar-refractivity contribution in [1.82, 2.24) is 0 Å². The molecule has 1 aromatic rings. The molecule has 80 valence electrons. The van der Waals surface area contributed by atoms with E-state index in [1.165, 1.54) is 6.08 Å². The van der Waals surface area contributed by atoms with Crippen LogP contribution in [0.2, 0.25) is 0 Å². The van der Waals surface area contributed by atoms with Gasteiger partial charge in [-0.25, -0.2) is 9.79 Å². The van der Waals surface area contributed by atoms with Gasteiger partial charge in [0, 0.05) is 10.0 Å². The second-order valence-electron chi connectivity index (χ2n) is 3.56. The van der Waals surface area contributed by atoms with Gasteiger partial charge in [0.05, 0.1) is 6.54 Å². The zero-order chi connectivity index (χ0) is 11.4. The first-order chi connectivity index (χ1) is 7.06. The smallest absolute Gasteiger partial charge is 0.235 e. The largest absolute Gasteiger partial charge is 0.508 e. The molecule has 0 aliphatic rings. The molecule has 0 spiro atoms. The zero-order valence-corrected chi connectivity index (χ0v) is 10.2. The van der Waals surface area contributed by atoms with Crippen LogP contribution >= 0.6 is 15.9 Å². The molecule has 0 aliphatic carbocycles. The maximum absolute atomic E-state index is 9.96. The Morgan fingerprint density at radius 1 is 1.53 bits per heavy atom. The number of phenols is 1. The minimum atomic E-state index is 0.159. The van der Waals surface area contributed by atoms with Crippen molar-refractivity contribution in [2.45, 2.75) is 26.3 Å². The molecule has 0 bridgehead atoms. The summed E-state index contributed by atoms with van der Waals surface area (Å²) in [5.74, 6) is 0.495. The number of isocyanates is 1. The van der Waals surface area contributed by atoms with Crippen LogP contribution in [0.5, 0.6) is 5.75 Å². The zero-order valence-electron chi connectivity index (χ0n) is 8.62. The van der Waals surface area contributed by atoms with Crippen molar-refractivity contribution in [3.8, 4) is 5.75 Å². The van der Waals surface area contributed by atoms with Crippen LogP contribution in [0, 0.1) is 0 Å². The Labute approximate surface area is 97.0 Å². The van der Waals surface area contributed by atoms with E-state index in [4.69, 9.17) is 0 Å². The molecule has 0 amide bonds. The third-order valence-corrected chi connectivity index (χ3v) is 2.82. The number of aliphatic imine (C=N–C) groups is 1. The molecular formula is C11H12BrNO2. The summed E-state index contributed by atoms with van der Waals surface area (Å²) in [4.78, 5) is 13.4. The number of benzene rings is 1. The average Bonchev–Trinajstić information content (AvgIpc) is 2.18. The maximum atomic E-state index is 9.96. The van der Waals surface area contributed by atoms with Gasteiger partial charge in [-0.3, -0.25) is 0 Å². The Kier molecular flexibility index (Phi) is 4.06. The van der Waals surface area contributed by atoms with E-state index in [0.717, 1.165) is 10.0 Å². The van der Waals surface area contributed by atoms with Crippen LogP contribution in [0.1, 0.15) is 30.9 Å². The van der Waals surface area contributed by atoms with E-state index in [-0.39, 0.29) is 12.3 Å². The van der Waals surface area contributed by atoms with Crippen LogP contribution in [0.4, 0.5) is 0 Å². The van der Waals surface area contributed by atoms with E-state index < -0.39 is 0 Å². The molecule has 1 aromatic carbocycles. The number of carbonyl (C=O) groups excluding carboxylic acids is 1. The fourth-order valence-electron chi connectivity index (χ4n) is 1.31. The van der Waals surface area contributed by atoms with Crippen LogP contribution in [0.25, 0.3) is 0 Å². The molecule has 1 N–H and O–H groups in total. The van der Waals surface area contributed by atoms with Crippen LogP contribution in [0.3, 0.4) is 0 Å². The average molecular weight is 270 g/mol. The summed E-state index contributed by atoms with van der Waals surface area (Å²) in [5, 5.41) is 9.68. The monoisotopic (exact) mass is 269 g/mol. The topological polar surface area (TPSA) is 49.7 Å². The molecule has 1 rings (SSSR count). The van der Waals surface area contributed by atoms with Crippen molar-refractivity contribution < 1.29 is 9.90 Å². The van der Waals surface area contributed by atoms with Crippen LogP contribution in [-0.2, 0) is 11.3 Å². The third-order valence-electron chi connectivity index (χ3n) is 2.13. The van der Waals surface area contributed by atoms with Crippen LogP contribution in [0.15, 0.2) is 21.6 Å². The normalized spacial score (nSPS) is 10.1. The van der Waals surface area contributed by atoms with Gasteiger partial charge in [-0.2, -0.15) is 0 Å². The highest BCUT2D eigenvalue weighted by atomic mass is 79.9. The van der Waals surface area contributed by atoms with Crippen LogP contribution < -0.4 is 0 Å². The van der Waals surface area contributed by atoms with E-state index in [1.54, 1.807) is 12.1 Å². The highest BCUT2D eigenvalue weighted by Crippen LogP contribution is 2.31. The first-order valence-corrected chi connectivity index (χ1v) is 5.40. The lowest BCUT2D eigenvalue weighted by Crippen LogP contribution is -1.92. The Bertz CT molecular complexity index is 409. The summed E-state index contributed by atoms with van der Waals surface area (Å²) >= 11 is 3.42. The number of hydrogen-bond acceptors (Lipinski definition) is 3. The quantitative estimate of drug-likeness (QED) is 0.677. The van der Waals surface area contributed by atoms with E-state index in [9.17, 15) is 9.90 Å². The van der Waals surface area contributed by atoms with Gasteiger partial charge in [-0.1, -0.05) is 29.8 Å². The lowest BCUT2D eigenvalue weighted by molar-refractivity contribution is 0.467. The van der Waals surface area contributed by atoms with Gasteiger partial charge in [0.1, 0.15) is 5.75 Å². The molecule has 0 fully saturated rings. The molecule has 0 saturated carbocycles. The summed E-state index contributed by atoms with van der Waals surface area (Å²) in [6.07, 6.45) is 1.45. The van der Waals surface area contributed by atoms with E-state index in [2.05, 4.69) is 20.9 Å². The Morgan fingerprint density at radius 2 is 2.20 bits per heavy atom. The molecule has 0 heterocycles. The molecule has 0 unspecified atom stereocenters. The van der Waals surface area contributed by atoms with Gasteiger partial charge >= 0.3 is 0 Å². The molecule has 0 radical (unpaired) electrons. The lowest BCUT2D eigenvalue weighted by atomic mass is 10.0. The molecule has 4 heteroatoms. The fourth-order valence-corrected chi connectivity index (χ4v) is 2.15. The maximum Gasteiger partial charge on any atom is 0.235 e. The second kappa shape index (κ2) is 5.10. The van der Waals surface area contributed by atoms with Gasteiger partial charge in [0.15, 0.2) is 0 Å². The number of rotatable bonds is 3. The Balaban J connectivity index is 3.13. The first-order valence-electron chi connectivity index (χ1n) is 4.61. The number of aromatic hydroxyl groups is 1. The summed E-state index contributed by atoms with van der Waals surface area (Å²) < 4.78 is 0.923. The van der Waals surface area contributed by atoms with Crippen LogP contribution in [-0.4, -0.2) is 11.2 Å². The van der Waals surface area contributed by atoms with Gasteiger partial charge in [-0.05, 0) is 23.6 Å². The van der Waals surface area contributed by atoms with E-state index in [1.807, 2.05) is 13.8 Å². The molecule has 0 saturated heterocycles. The molecule has 3 nitrogen and oxygen atoms in total. The number of phenolic OH excluding ortho intramolecular Hbond substituents is 1. The van der Waals surface area contributed by atoms with Gasteiger partial charge in [-0.15, -0.1) is 0 Å². The molecule has 15 heavy (non-hydrogen) atoms. The first kappa shape index (κ1) is 12.0. The standard InChI is InChI=1S/C11H12BrNO2/c1-7(2)9-4-11(15)8(3-10(9)12)5-13-6-14/h3-4,7,15H,5H2,1-2H3. The molecule has 0 aromatic heterocycles. The predicted octanol–water partition coefficient (Wildman–Crippen LogP) is 3.11.